The molecule has 0 heterocycles. The van der Waals surface area contributed by atoms with Gasteiger partial charge in [0, 0.05) is 11.4 Å². The lowest BCUT2D eigenvalue weighted by molar-refractivity contribution is -0.116. The van der Waals surface area contributed by atoms with E-state index in [4.69, 9.17) is 5.26 Å². The van der Waals surface area contributed by atoms with E-state index in [9.17, 15) is 4.79 Å². The van der Waals surface area contributed by atoms with Crippen LogP contribution in [0.15, 0.2) is 48.5 Å². The Labute approximate surface area is 124 Å². The Kier molecular flexibility index (Phi) is 4.57. The van der Waals surface area contributed by atoms with E-state index in [0.717, 1.165) is 16.9 Å². The zero-order valence-corrected chi connectivity index (χ0v) is 12.1. The molecule has 0 aliphatic carbocycles. The summed E-state index contributed by atoms with van der Waals surface area (Å²) in [5.74, 6) is -0.108. The van der Waals surface area contributed by atoms with E-state index in [2.05, 4.69) is 16.7 Å². The largest absolute Gasteiger partial charge is 0.374 e. The van der Waals surface area contributed by atoms with Crippen molar-refractivity contribution in [3.05, 3.63) is 59.7 Å². The predicted molar refractivity (Wildman–Crippen MR) is 84.1 cm³/mol. The number of anilines is 2. The monoisotopic (exact) mass is 279 g/mol. The van der Waals surface area contributed by atoms with Gasteiger partial charge in [0.25, 0.3) is 0 Å². The van der Waals surface area contributed by atoms with E-state index >= 15 is 0 Å². The first-order valence-electron chi connectivity index (χ1n) is 6.73. The molecule has 0 saturated carbocycles. The SMILES string of the molecule is Cc1ccc(NC(=O)C(C)Nc2ccc(C#N)cc2)cc1. The number of hydrogen-bond acceptors (Lipinski definition) is 3. The number of nitrogens with one attached hydrogen (secondary N) is 2. The molecule has 2 aromatic carbocycles. The minimum Gasteiger partial charge on any atom is -0.374 e. The first-order valence-corrected chi connectivity index (χ1v) is 6.73. The zero-order valence-electron chi connectivity index (χ0n) is 12.1. The third kappa shape index (κ3) is 4.08. The van der Waals surface area contributed by atoms with Crippen molar-refractivity contribution < 1.29 is 4.79 Å². The smallest absolute Gasteiger partial charge is 0.246 e. The normalized spacial score (nSPS) is 11.3. The van der Waals surface area contributed by atoms with Crippen molar-refractivity contribution >= 4 is 17.3 Å². The fraction of sp³-hybridized carbons (Fsp3) is 0.176. The molecular weight excluding hydrogens is 262 g/mol. The summed E-state index contributed by atoms with van der Waals surface area (Å²) >= 11 is 0. The van der Waals surface area contributed by atoms with Crippen LogP contribution in [0.1, 0.15) is 18.1 Å². The van der Waals surface area contributed by atoms with E-state index in [-0.39, 0.29) is 11.9 Å². The van der Waals surface area contributed by atoms with E-state index in [1.54, 1.807) is 31.2 Å². The highest BCUT2D eigenvalue weighted by Gasteiger charge is 2.12. The quantitative estimate of drug-likeness (QED) is 0.902. The number of carbonyl (C=O) groups is 1. The lowest BCUT2D eigenvalue weighted by Crippen LogP contribution is -2.31. The number of rotatable bonds is 4. The van der Waals surface area contributed by atoms with Crippen LogP contribution in [0, 0.1) is 18.3 Å². The predicted octanol–water partition coefficient (Wildman–Crippen LogP) is 3.31. The summed E-state index contributed by atoms with van der Waals surface area (Å²) in [6.45, 7) is 3.79. The third-order valence-electron chi connectivity index (χ3n) is 3.11. The Bertz CT molecular complexity index is 654. The number of hydrogen-bond donors (Lipinski definition) is 2. The molecule has 106 valence electrons. The summed E-state index contributed by atoms with van der Waals surface area (Å²) in [6, 6.07) is 16.3. The minimum absolute atomic E-state index is 0.108. The van der Waals surface area contributed by atoms with Crippen molar-refractivity contribution in [2.45, 2.75) is 19.9 Å². The van der Waals surface area contributed by atoms with Gasteiger partial charge in [0.2, 0.25) is 5.91 Å². The average molecular weight is 279 g/mol. The summed E-state index contributed by atoms with van der Waals surface area (Å²) in [7, 11) is 0. The molecule has 2 aromatic rings. The van der Waals surface area contributed by atoms with Gasteiger partial charge in [-0.15, -0.1) is 0 Å². The van der Waals surface area contributed by atoms with Crippen molar-refractivity contribution in [3.63, 3.8) is 0 Å². The van der Waals surface area contributed by atoms with Crippen molar-refractivity contribution in [2.75, 3.05) is 10.6 Å². The molecule has 0 radical (unpaired) electrons. The van der Waals surface area contributed by atoms with Crippen molar-refractivity contribution in [1.82, 2.24) is 0 Å². The first kappa shape index (κ1) is 14.6. The van der Waals surface area contributed by atoms with Gasteiger partial charge in [-0.05, 0) is 50.2 Å². The van der Waals surface area contributed by atoms with Gasteiger partial charge in [0.1, 0.15) is 6.04 Å². The van der Waals surface area contributed by atoms with Crippen LogP contribution in [-0.2, 0) is 4.79 Å². The van der Waals surface area contributed by atoms with Gasteiger partial charge in [-0.25, -0.2) is 0 Å². The molecule has 2 rings (SSSR count). The highest BCUT2D eigenvalue weighted by Crippen LogP contribution is 2.12. The van der Waals surface area contributed by atoms with E-state index < -0.39 is 0 Å². The molecule has 0 aliphatic heterocycles. The van der Waals surface area contributed by atoms with Crippen LogP contribution >= 0.6 is 0 Å². The first-order chi connectivity index (χ1) is 10.1. The lowest BCUT2D eigenvalue weighted by atomic mass is 10.2. The van der Waals surface area contributed by atoms with Crippen LogP contribution in [0.2, 0.25) is 0 Å². The summed E-state index contributed by atoms with van der Waals surface area (Å²) in [5, 5.41) is 14.7. The standard InChI is InChI=1S/C17H17N3O/c1-12-3-7-16(8-4-12)20-17(21)13(2)19-15-9-5-14(11-18)6-10-15/h3-10,13,19H,1-2H3,(H,20,21). The highest BCUT2D eigenvalue weighted by molar-refractivity contribution is 5.96. The minimum atomic E-state index is -0.376. The molecule has 1 atom stereocenters. The van der Waals surface area contributed by atoms with E-state index in [1.807, 2.05) is 31.2 Å². The van der Waals surface area contributed by atoms with Crippen LogP contribution in [0.5, 0.6) is 0 Å². The Morgan fingerprint density at radius 3 is 2.19 bits per heavy atom. The molecule has 0 fully saturated rings. The van der Waals surface area contributed by atoms with Gasteiger partial charge in [0.15, 0.2) is 0 Å². The molecule has 1 amide bonds. The van der Waals surface area contributed by atoms with Crippen LogP contribution in [-0.4, -0.2) is 11.9 Å². The second-order valence-corrected chi connectivity index (χ2v) is 4.91. The second-order valence-electron chi connectivity index (χ2n) is 4.91. The maximum Gasteiger partial charge on any atom is 0.246 e. The maximum absolute atomic E-state index is 12.1. The Balaban J connectivity index is 1.95. The van der Waals surface area contributed by atoms with Gasteiger partial charge in [0.05, 0.1) is 11.6 Å². The van der Waals surface area contributed by atoms with Gasteiger partial charge in [-0.1, -0.05) is 17.7 Å². The van der Waals surface area contributed by atoms with Gasteiger partial charge < -0.3 is 10.6 Å². The van der Waals surface area contributed by atoms with Gasteiger partial charge >= 0.3 is 0 Å². The summed E-state index contributed by atoms with van der Waals surface area (Å²) in [5.41, 5.74) is 3.33. The fourth-order valence-corrected chi connectivity index (χ4v) is 1.84. The number of benzene rings is 2. The maximum atomic E-state index is 12.1. The van der Waals surface area contributed by atoms with Crippen molar-refractivity contribution in [2.24, 2.45) is 0 Å². The van der Waals surface area contributed by atoms with E-state index in [0.29, 0.717) is 5.56 Å². The van der Waals surface area contributed by atoms with Crippen LogP contribution < -0.4 is 10.6 Å². The Morgan fingerprint density at radius 1 is 1.05 bits per heavy atom. The van der Waals surface area contributed by atoms with Crippen molar-refractivity contribution in [1.29, 1.82) is 5.26 Å². The molecule has 1 unspecified atom stereocenters. The summed E-state index contributed by atoms with van der Waals surface area (Å²) < 4.78 is 0. The van der Waals surface area contributed by atoms with Crippen LogP contribution in [0.25, 0.3) is 0 Å². The number of carbonyl (C=O) groups excluding carboxylic acids is 1. The number of aryl methyl sites for hydroxylation is 1. The fourth-order valence-electron chi connectivity index (χ4n) is 1.84. The molecule has 4 nitrogen and oxygen atoms in total. The molecule has 0 aromatic heterocycles. The third-order valence-corrected chi connectivity index (χ3v) is 3.11. The number of amides is 1. The van der Waals surface area contributed by atoms with Crippen LogP contribution in [0.4, 0.5) is 11.4 Å². The molecule has 0 spiro atoms. The van der Waals surface area contributed by atoms with Crippen LogP contribution in [0.3, 0.4) is 0 Å². The molecule has 0 bridgehead atoms. The molecule has 2 N–H and O–H groups in total. The summed E-state index contributed by atoms with van der Waals surface area (Å²) in [4.78, 5) is 12.1. The zero-order chi connectivity index (χ0) is 15.2. The molecule has 21 heavy (non-hydrogen) atoms. The topological polar surface area (TPSA) is 64.9 Å². The molecule has 0 saturated heterocycles. The summed E-state index contributed by atoms with van der Waals surface area (Å²) in [6.07, 6.45) is 0. The van der Waals surface area contributed by atoms with Crippen molar-refractivity contribution in [3.8, 4) is 6.07 Å². The number of nitriles is 1. The molecular formula is C17H17N3O. The Morgan fingerprint density at radius 2 is 1.62 bits per heavy atom. The molecule has 0 aliphatic rings. The van der Waals surface area contributed by atoms with Gasteiger partial charge in [-0.3, -0.25) is 4.79 Å². The average Bonchev–Trinajstić information content (AvgIpc) is 2.50. The van der Waals surface area contributed by atoms with E-state index in [1.165, 1.54) is 0 Å². The molecule has 4 heteroatoms. The highest BCUT2D eigenvalue weighted by atomic mass is 16.2. The lowest BCUT2D eigenvalue weighted by Gasteiger charge is -2.15. The number of nitrogens with zero attached hydrogens (tertiary/aromatic N) is 1. The van der Waals surface area contributed by atoms with Gasteiger partial charge in [-0.2, -0.15) is 5.26 Å². The second kappa shape index (κ2) is 6.58. The Hall–Kier alpha value is -2.80.